The van der Waals surface area contributed by atoms with Gasteiger partial charge in [0.2, 0.25) is 0 Å². The summed E-state index contributed by atoms with van der Waals surface area (Å²) in [6, 6.07) is 26.5. The van der Waals surface area contributed by atoms with Crippen LogP contribution in [0.1, 0.15) is 0 Å². The zero-order chi connectivity index (χ0) is 21.4. The Morgan fingerprint density at radius 3 is 2.16 bits per heavy atom. The van der Waals surface area contributed by atoms with Gasteiger partial charge >= 0.3 is 11.5 Å². The first-order valence-corrected chi connectivity index (χ1v) is 10.1. The molecule has 0 amide bonds. The van der Waals surface area contributed by atoms with Gasteiger partial charge in [-0.05, 0) is 42.0 Å². The summed E-state index contributed by atoms with van der Waals surface area (Å²) in [5.74, 6) is 1.32. The molecule has 31 heavy (non-hydrogen) atoms. The van der Waals surface area contributed by atoms with E-state index in [0.29, 0.717) is 36.0 Å². The van der Waals surface area contributed by atoms with Crippen LogP contribution in [0.5, 0.6) is 11.6 Å². The van der Waals surface area contributed by atoms with Gasteiger partial charge in [0.05, 0.1) is 7.11 Å². The Hall–Kier alpha value is -4.06. The van der Waals surface area contributed by atoms with Crippen LogP contribution in [0, 0.1) is 0 Å². The zero-order valence-corrected chi connectivity index (χ0v) is 17.1. The van der Waals surface area contributed by atoms with E-state index in [2.05, 4.69) is 4.90 Å². The summed E-state index contributed by atoms with van der Waals surface area (Å²) >= 11 is 0. The van der Waals surface area contributed by atoms with Gasteiger partial charge in [-0.3, -0.25) is 0 Å². The highest BCUT2D eigenvalue weighted by atomic mass is 16.5. The summed E-state index contributed by atoms with van der Waals surface area (Å²) in [4.78, 5) is 15.9. The van der Waals surface area contributed by atoms with Gasteiger partial charge < -0.3 is 9.84 Å². The second-order valence-electron chi connectivity index (χ2n) is 7.34. The standard InChI is InChI=1S/C25H21N3O3/c1-31-21-14-12-20(13-15-21)28-24(30)22(18-8-4-2-5-9-18)23(29)27-17-16-26(25(27)28)19-10-6-3-7-11-19/h2-15H,16-17H2,1H3/p+1. The molecule has 0 bridgehead atoms. The van der Waals surface area contributed by atoms with Gasteiger partial charge in [0, 0.05) is 0 Å². The average molecular weight is 412 g/mol. The number of methoxy groups -OCH3 is 1. The lowest BCUT2D eigenvalue weighted by Crippen LogP contribution is -2.40. The molecule has 2 heterocycles. The van der Waals surface area contributed by atoms with Crippen LogP contribution >= 0.6 is 0 Å². The van der Waals surface area contributed by atoms with Crippen LogP contribution in [0.3, 0.4) is 0 Å². The predicted molar refractivity (Wildman–Crippen MR) is 119 cm³/mol. The molecule has 1 aliphatic heterocycles. The molecule has 1 N–H and O–H groups in total. The Morgan fingerprint density at radius 2 is 1.52 bits per heavy atom. The molecule has 0 fully saturated rings. The first kappa shape index (κ1) is 18.9. The number of benzene rings is 3. The molecule has 6 heteroatoms. The van der Waals surface area contributed by atoms with Gasteiger partial charge in [0.1, 0.15) is 35.8 Å². The summed E-state index contributed by atoms with van der Waals surface area (Å²) in [7, 11) is 1.61. The molecular weight excluding hydrogens is 390 g/mol. The lowest BCUT2D eigenvalue weighted by atomic mass is 10.1. The molecule has 0 radical (unpaired) electrons. The maximum absolute atomic E-state index is 13.8. The number of ether oxygens (including phenoxy) is 1. The molecule has 0 spiro atoms. The van der Waals surface area contributed by atoms with Crippen molar-refractivity contribution in [1.82, 2.24) is 4.57 Å². The molecule has 4 aromatic rings. The Balaban J connectivity index is 1.82. The van der Waals surface area contributed by atoms with Crippen molar-refractivity contribution in [3.05, 3.63) is 95.3 Å². The van der Waals surface area contributed by atoms with Gasteiger partial charge in [0.15, 0.2) is 0 Å². The van der Waals surface area contributed by atoms with E-state index in [9.17, 15) is 9.90 Å². The fraction of sp³-hybridized carbons (Fsp3) is 0.120. The predicted octanol–water partition coefficient (Wildman–Crippen LogP) is 3.66. The second-order valence-corrected chi connectivity index (χ2v) is 7.34. The van der Waals surface area contributed by atoms with Crippen molar-refractivity contribution in [3.8, 4) is 28.4 Å². The SMILES string of the molecule is COc1ccc(-n2c3[n+](c(O)c(-c4ccccc4)c2=O)CCN3c2ccccc2)cc1. The van der Waals surface area contributed by atoms with Crippen LogP contribution in [0.4, 0.5) is 11.6 Å². The molecule has 1 aromatic heterocycles. The van der Waals surface area contributed by atoms with Crippen molar-refractivity contribution >= 4 is 11.6 Å². The molecule has 0 aliphatic carbocycles. The Morgan fingerprint density at radius 1 is 0.871 bits per heavy atom. The normalized spacial score (nSPS) is 12.6. The molecule has 154 valence electrons. The number of para-hydroxylation sites is 1. The van der Waals surface area contributed by atoms with Crippen LogP contribution in [-0.2, 0) is 6.54 Å². The number of nitrogens with zero attached hydrogens (tertiary/aromatic N) is 3. The van der Waals surface area contributed by atoms with Crippen LogP contribution in [0.2, 0.25) is 0 Å². The summed E-state index contributed by atoms with van der Waals surface area (Å²) in [6.45, 7) is 1.21. The minimum atomic E-state index is -0.275. The van der Waals surface area contributed by atoms with Crippen molar-refractivity contribution < 1.29 is 14.4 Å². The number of aromatic hydroxyl groups is 1. The number of fused-ring (bicyclic) bond motifs is 1. The van der Waals surface area contributed by atoms with Gasteiger partial charge in [-0.2, -0.15) is 9.13 Å². The molecule has 0 unspecified atom stereocenters. The van der Waals surface area contributed by atoms with E-state index in [4.69, 9.17) is 4.74 Å². The van der Waals surface area contributed by atoms with E-state index in [0.717, 1.165) is 5.69 Å². The fourth-order valence-corrected chi connectivity index (χ4v) is 4.09. The smallest absolute Gasteiger partial charge is 0.375 e. The summed E-state index contributed by atoms with van der Waals surface area (Å²) in [5.41, 5.74) is 2.36. The number of aromatic nitrogens is 2. The van der Waals surface area contributed by atoms with Gasteiger partial charge in [-0.1, -0.05) is 48.5 Å². The zero-order valence-electron chi connectivity index (χ0n) is 17.1. The van der Waals surface area contributed by atoms with Gasteiger partial charge in [-0.15, -0.1) is 0 Å². The van der Waals surface area contributed by atoms with Crippen molar-refractivity contribution in [2.75, 3.05) is 18.6 Å². The first-order valence-electron chi connectivity index (χ1n) is 10.1. The number of hydrogen-bond acceptors (Lipinski definition) is 4. The van der Waals surface area contributed by atoms with Crippen molar-refractivity contribution in [1.29, 1.82) is 0 Å². The van der Waals surface area contributed by atoms with E-state index in [1.54, 1.807) is 16.2 Å². The quantitative estimate of drug-likeness (QED) is 0.520. The number of rotatable bonds is 4. The van der Waals surface area contributed by atoms with Gasteiger partial charge in [-0.25, -0.2) is 9.69 Å². The van der Waals surface area contributed by atoms with Crippen LogP contribution in [0.15, 0.2) is 89.7 Å². The summed E-state index contributed by atoms with van der Waals surface area (Å²) in [5, 5.41) is 11.2. The number of hydrogen-bond donors (Lipinski definition) is 1. The van der Waals surface area contributed by atoms with Crippen molar-refractivity contribution in [3.63, 3.8) is 0 Å². The van der Waals surface area contributed by atoms with Crippen molar-refractivity contribution in [2.24, 2.45) is 0 Å². The average Bonchev–Trinajstić information content (AvgIpc) is 3.26. The van der Waals surface area contributed by atoms with Crippen LogP contribution < -0.4 is 19.8 Å². The third kappa shape index (κ3) is 3.13. The highest BCUT2D eigenvalue weighted by Crippen LogP contribution is 2.32. The largest absolute Gasteiger partial charge is 0.497 e. The third-order valence-corrected chi connectivity index (χ3v) is 5.59. The van der Waals surface area contributed by atoms with Crippen LogP contribution in [0.25, 0.3) is 16.8 Å². The maximum atomic E-state index is 13.8. The van der Waals surface area contributed by atoms with E-state index >= 15 is 0 Å². The molecular formula is C25H22N3O3+. The minimum absolute atomic E-state index is 0.0191. The monoisotopic (exact) mass is 412 g/mol. The highest BCUT2D eigenvalue weighted by Gasteiger charge is 2.38. The first-order chi connectivity index (χ1) is 15.2. The number of anilines is 2. The Bertz CT molecular complexity index is 1280. The lowest BCUT2D eigenvalue weighted by molar-refractivity contribution is -0.679. The second kappa shape index (κ2) is 7.65. The van der Waals surface area contributed by atoms with E-state index in [1.165, 1.54) is 0 Å². The molecule has 0 atom stereocenters. The Labute approximate surface area is 179 Å². The summed E-state index contributed by atoms with van der Waals surface area (Å²) < 4.78 is 8.76. The molecule has 3 aromatic carbocycles. The fourth-order valence-electron chi connectivity index (χ4n) is 4.09. The van der Waals surface area contributed by atoms with E-state index in [1.807, 2.05) is 84.9 Å². The highest BCUT2D eigenvalue weighted by molar-refractivity contribution is 5.69. The van der Waals surface area contributed by atoms with E-state index < -0.39 is 0 Å². The third-order valence-electron chi connectivity index (χ3n) is 5.59. The topological polar surface area (TPSA) is 58.6 Å². The van der Waals surface area contributed by atoms with E-state index in [-0.39, 0.29) is 17.0 Å². The minimum Gasteiger partial charge on any atom is -0.497 e. The summed E-state index contributed by atoms with van der Waals surface area (Å²) in [6.07, 6.45) is 0. The van der Waals surface area contributed by atoms with Gasteiger partial charge in [0.25, 0.3) is 5.88 Å². The van der Waals surface area contributed by atoms with Crippen molar-refractivity contribution in [2.45, 2.75) is 6.54 Å². The molecule has 6 nitrogen and oxygen atoms in total. The molecule has 0 saturated heterocycles. The molecule has 1 aliphatic rings. The van der Waals surface area contributed by atoms with Crippen LogP contribution in [-0.4, -0.2) is 23.3 Å². The molecule has 5 rings (SSSR count). The Kier molecular flexibility index (Phi) is 4.67. The lowest BCUT2D eigenvalue weighted by Gasteiger charge is -2.16. The maximum Gasteiger partial charge on any atom is 0.375 e. The molecule has 0 saturated carbocycles.